The van der Waals surface area contributed by atoms with E-state index in [0.29, 0.717) is 12.5 Å². The van der Waals surface area contributed by atoms with Crippen LogP contribution in [0.3, 0.4) is 0 Å². The van der Waals surface area contributed by atoms with Gasteiger partial charge in [-0.05, 0) is 68.2 Å². The second-order valence-corrected chi connectivity index (χ2v) is 7.43. The van der Waals surface area contributed by atoms with E-state index in [2.05, 4.69) is 45.2 Å². The summed E-state index contributed by atoms with van der Waals surface area (Å²) in [5.41, 5.74) is 2.49. The Kier molecular flexibility index (Phi) is 5.55. The first-order valence-corrected chi connectivity index (χ1v) is 9.05. The summed E-state index contributed by atoms with van der Waals surface area (Å²) in [5, 5.41) is 3.59. The minimum Gasteiger partial charge on any atom is -0.489 e. The highest BCUT2D eigenvalue weighted by molar-refractivity contribution is 9.10. The molecule has 3 nitrogen and oxygen atoms in total. The molecule has 1 N–H and O–H groups in total. The zero-order valence-electron chi connectivity index (χ0n) is 13.3. The van der Waals surface area contributed by atoms with Crippen LogP contribution in [0.1, 0.15) is 25.3 Å². The predicted octanol–water partition coefficient (Wildman–Crippen LogP) is 3.55. The number of likely N-dealkylation sites (tertiary alicyclic amines) is 1. The number of benzene rings is 1. The normalized spacial score (nSPS) is 19.5. The number of nitrogens with zero attached hydrogens (tertiary/aromatic N) is 1. The van der Waals surface area contributed by atoms with Crippen molar-refractivity contribution < 1.29 is 4.74 Å². The molecule has 1 fully saturated rings. The van der Waals surface area contributed by atoms with Gasteiger partial charge in [0.1, 0.15) is 12.4 Å². The monoisotopic (exact) mass is 364 g/mol. The Morgan fingerprint density at radius 2 is 2.14 bits per heavy atom. The van der Waals surface area contributed by atoms with Crippen LogP contribution in [0, 0.1) is 5.92 Å². The van der Waals surface area contributed by atoms with E-state index in [1.54, 1.807) is 0 Å². The molecule has 1 aromatic rings. The largest absolute Gasteiger partial charge is 0.489 e. The van der Waals surface area contributed by atoms with E-state index in [0.717, 1.165) is 23.3 Å². The third-order valence-electron chi connectivity index (χ3n) is 4.36. The average Bonchev–Trinajstić information content (AvgIpc) is 2.99. The van der Waals surface area contributed by atoms with Crippen LogP contribution in [-0.2, 0) is 0 Å². The fourth-order valence-electron chi connectivity index (χ4n) is 3.25. The molecule has 1 saturated heterocycles. The van der Waals surface area contributed by atoms with Gasteiger partial charge in [0, 0.05) is 23.1 Å². The van der Waals surface area contributed by atoms with Crippen molar-refractivity contribution in [3.8, 4) is 5.75 Å². The van der Waals surface area contributed by atoms with Crippen LogP contribution in [-0.4, -0.2) is 44.2 Å². The molecule has 0 radical (unpaired) electrons. The Bertz CT molecular complexity index is 538. The van der Waals surface area contributed by atoms with Crippen LogP contribution in [0.2, 0.25) is 0 Å². The first kappa shape index (κ1) is 16.0. The molecule has 0 aliphatic carbocycles. The molecule has 4 heteroatoms. The topological polar surface area (TPSA) is 24.5 Å². The molecule has 2 aliphatic heterocycles. The number of hydrogen-bond donors (Lipinski definition) is 1. The van der Waals surface area contributed by atoms with Crippen LogP contribution in [0.25, 0.3) is 6.08 Å². The molecule has 0 amide bonds. The summed E-state index contributed by atoms with van der Waals surface area (Å²) in [6.07, 6.45) is 5.00. The minimum atomic E-state index is 0.697. The van der Waals surface area contributed by atoms with Gasteiger partial charge in [0.25, 0.3) is 0 Å². The number of rotatable bonds is 6. The van der Waals surface area contributed by atoms with Gasteiger partial charge in [0.05, 0.1) is 0 Å². The summed E-state index contributed by atoms with van der Waals surface area (Å²) in [7, 11) is 0. The maximum atomic E-state index is 5.82. The summed E-state index contributed by atoms with van der Waals surface area (Å²) in [6.45, 7) is 8.81. The lowest BCUT2D eigenvalue weighted by atomic mass is 10.1. The lowest BCUT2D eigenvalue weighted by molar-refractivity contribution is 0.283. The quantitative estimate of drug-likeness (QED) is 0.835. The van der Waals surface area contributed by atoms with Gasteiger partial charge in [-0.1, -0.05) is 22.9 Å². The summed E-state index contributed by atoms with van der Waals surface area (Å²) in [4.78, 5) is 2.59. The molecule has 1 aromatic carbocycles. The van der Waals surface area contributed by atoms with Crippen molar-refractivity contribution in [2.75, 3.05) is 39.3 Å². The summed E-state index contributed by atoms with van der Waals surface area (Å²) >= 11 is 3.52. The van der Waals surface area contributed by atoms with Crippen molar-refractivity contribution in [2.24, 2.45) is 5.92 Å². The van der Waals surface area contributed by atoms with E-state index >= 15 is 0 Å². The first-order chi connectivity index (χ1) is 10.7. The second-order valence-electron chi connectivity index (χ2n) is 6.52. The van der Waals surface area contributed by atoms with E-state index in [1.807, 2.05) is 12.1 Å². The Balaban J connectivity index is 1.45. The van der Waals surface area contributed by atoms with Crippen molar-refractivity contribution in [1.82, 2.24) is 10.2 Å². The number of ether oxygens (including phenoxy) is 1. The highest BCUT2D eigenvalue weighted by atomic mass is 79.9. The van der Waals surface area contributed by atoms with Crippen LogP contribution >= 0.6 is 15.9 Å². The number of fused-ring (bicyclic) bond motifs is 1. The molecule has 120 valence electrons. The third-order valence-corrected chi connectivity index (χ3v) is 4.85. The van der Waals surface area contributed by atoms with Crippen molar-refractivity contribution >= 4 is 22.0 Å². The fraction of sp³-hybridized carbons (Fsp3) is 0.556. The zero-order valence-corrected chi connectivity index (χ0v) is 14.9. The van der Waals surface area contributed by atoms with Crippen molar-refractivity contribution in [2.45, 2.75) is 19.8 Å². The molecule has 1 unspecified atom stereocenters. The van der Waals surface area contributed by atoms with E-state index in [4.69, 9.17) is 4.74 Å². The Hall–Kier alpha value is -0.840. The lowest BCUT2D eigenvalue weighted by Gasteiger charge is -2.22. The molecule has 22 heavy (non-hydrogen) atoms. The van der Waals surface area contributed by atoms with Gasteiger partial charge in [-0.2, -0.15) is 0 Å². The fourth-order valence-corrected chi connectivity index (χ4v) is 3.63. The molecule has 3 rings (SSSR count). The van der Waals surface area contributed by atoms with Gasteiger partial charge >= 0.3 is 0 Å². The molecular weight excluding hydrogens is 340 g/mol. The number of nitrogens with one attached hydrogen (secondary N) is 1. The molecule has 0 spiro atoms. The Morgan fingerprint density at radius 1 is 1.32 bits per heavy atom. The highest BCUT2D eigenvalue weighted by Gasteiger charge is 2.15. The second kappa shape index (κ2) is 7.62. The van der Waals surface area contributed by atoms with Gasteiger partial charge in [-0.15, -0.1) is 0 Å². The van der Waals surface area contributed by atoms with Gasteiger partial charge in [0.2, 0.25) is 0 Å². The SMILES string of the molecule is CC(CNCC1=Cc2cc(Br)ccc2OC1)CN1CCCC1. The maximum Gasteiger partial charge on any atom is 0.127 e. The van der Waals surface area contributed by atoms with Crippen LogP contribution in [0.15, 0.2) is 28.2 Å². The Morgan fingerprint density at radius 3 is 2.95 bits per heavy atom. The molecule has 2 aliphatic rings. The minimum absolute atomic E-state index is 0.697. The molecule has 0 aromatic heterocycles. The highest BCUT2D eigenvalue weighted by Crippen LogP contribution is 2.28. The van der Waals surface area contributed by atoms with Gasteiger partial charge in [-0.3, -0.25) is 0 Å². The van der Waals surface area contributed by atoms with E-state index in [-0.39, 0.29) is 0 Å². The maximum absolute atomic E-state index is 5.82. The van der Waals surface area contributed by atoms with E-state index in [9.17, 15) is 0 Å². The van der Waals surface area contributed by atoms with E-state index < -0.39 is 0 Å². The molecule has 2 heterocycles. The van der Waals surface area contributed by atoms with Gasteiger partial charge < -0.3 is 15.0 Å². The zero-order chi connectivity index (χ0) is 15.4. The Labute approximate surface area is 141 Å². The standard InChI is InChI=1S/C18H25BrN2O/c1-14(12-21-6-2-3-7-21)10-20-11-15-8-16-9-17(19)4-5-18(16)22-13-15/h4-5,8-9,14,20H,2-3,6-7,10-13H2,1H3. The van der Waals surface area contributed by atoms with Crippen LogP contribution in [0.5, 0.6) is 5.75 Å². The molecular formula is C18H25BrN2O. The summed E-state index contributed by atoms with van der Waals surface area (Å²) < 4.78 is 6.92. The lowest BCUT2D eigenvalue weighted by Crippen LogP contribution is -2.33. The van der Waals surface area contributed by atoms with Crippen molar-refractivity contribution in [3.05, 3.63) is 33.8 Å². The van der Waals surface area contributed by atoms with Crippen LogP contribution in [0.4, 0.5) is 0 Å². The molecule has 1 atom stereocenters. The molecule has 0 bridgehead atoms. The number of hydrogen-bond acceptors (Lipinski definition) is 3. The average molecular weight is 365 g/mol. The third kappa shape index (κ3) is 4.34. The van der Waals surface area contributed by atoms with Gasteiger partial charge in [-0.25, -0.2) is 0 Å². The van der Waals surface area contributed by atoms with E-state index in [1.165, 1.54) is 43.6 Å². The predicted molar refractivity (Wildman–Crippen MR) is 95.3 cm³/mol. The van der Waals surface area contributed by atoms with Crippen molar-refractivity contribution in [1.29, 1.82) is 0 Å². The summed E-state index contributed by atoms with van der Waals surface area (Å²) in [5.74, 6) is 1.68. The smallest absolute Gasteiger partial charge is 0.127 e. The van der Waals surface area contributed by atoms with Gasteiger partial charge in [0.15, 0.2) is 0 Å². The number of halogens is 1. The molecule has 0 saturated carbocycles. The summed E-state index contributed by atoms with van der Waals surface area (Å²) in [6, 6.07) is 6.17. The van der Waals surface area contributed by atoms with Crippen molar-refractivity contribution in [3.63, 3.8) is 0 Å². The van der Waals surface area contributed by atoms with Crippen LogP contribution < -0.4 is 10.1 Å². The first-order valence-electron chi connectivity index (χ1n) is 8.25.